The predicted octanol–water partition coefficient (Wildman–Crippen LogP) is -10.8. The number of carbonyl (C=O) groups is 21. The molecular formula is C67H114N20O27S. The van der Waals surface area contributed by atoms with Gasteiger partial charge in [-0.25, -0.2) is 4.79 Å². The summed E-state index contributed by atoms with van der Waals surface area (Å²) in [6, 6.07) is -24.1. The molecule has 650 valence electrons. The number of nitrogens with two attached hydrogens (primary N) is 5. The van der Waals surface area contributed by atoms with Crippen LogP contribution >= 0.6 is 11.8 Å². The summed E-state index contributed by atoms with van der Waals surface area (Å²) in [5.74, 6) is -24.2. The van der Waals surface area contributed by atoms with Crippen molar-refractivity contribution in [2.24, 2.45) is 34.6 Å². The highest BCUT2D eigenvalue weighted by Crippen LogP contribution is 2.12. The van der Waals surface area contributed by atoms with E-state index in [4.69, 9.17) is 33.8 Å². The van der Waals surface area contributed by atoms with Crippen LogP contribution in [0.5, 0.6) is 0 Å². The van der Waals surface area contributed by atoms with Gasteiger partial charge in [-0.05, 0) is 136 Å². The second kappa shape index (κ2) is 55.5. The van der Waals surface area contributed by atoms with Crippen molar-refractivity contribution in [3.05, 3.63) is 0 Å². The molecule has 31 N–H and O–H groups in total. The van der Waals surface area contributed by atoms with Crippen LogP contribution in [0.3, 0.4) is 0 Å². The summed E-state index contributed by atoms with van der Waals surface area (Å²) in [5, 5.41) is 91.8. The lowest BCUT2D eigenvalue weighted by atomic mass is 10.0. The summed E-state index contributed by atoms with van der Waals surface area (Å²) in [5.41, 5.74) is 27.4. The Morgan fingerprint density at radius 3 is 0.965 bits per heavy atom. The van der Waals surface area contributed by atoms with E-state index in [1.165, 1.54) is 11.8 Å². The molecule has 0 fully saturated rings. The molecule has 115 heavy (non-hydrogen) atoms. The summed E-state index contributed by atoms with van der Waals surface area (Å²) >= 11 is 1.31. The van der Waals surface area contributed by atoms with E-state index in [0.29, 0.717) is 18.6 Å². The molecule has 0 saturated heterocycles. The van der Waals surface area contributed by atoms with Gasteiger partial charge in [-0.3, -0.25) is 95.9 Å². The SMILES string of the molecule is CSCC[C@H](NC(=O)[C@@H](N)CO)C(=O)N[C@@H](CCC(N)=O)C(=O)N[C@@H](C)C(=O)N[C@@H](CO)C(=O)N[C@@H](CC(C)C)C(=O)N[C@@H](CCC(=O)O)C(=O)N[C@@H](C)C(=O)N[C@@H](CCC(=O)O)C(=O)N[C@@H](C)C(=O)N[C@@H](CCCCN)C(=O)NCC(=O)N[C@@H](CCCCN)C(=O)N[C@@H](C)C(=O)N[C@@H](CCC(N)=O)C(=O)N[C@@H](CC(=O)O)C(=O)O. The molecule has 17 amide bonds. The average molecular weight is 1660 g/mol. The zero-order valence-corrected chi connectivity index (χ0v) is 65.9. The number of aliphatic hydroxyl groups excluding tert-OH is 2. The van der Waals surface area contributed by atoms with E-state index >= 15 is 0 Å². The third-order valence-electron chi connectivity index (χ3n) is 16.7. The molecule has 48 heteroatoms. The zero-order chi connectivity index (χ0) is 87.9. The van der Waals surface area contributed by atoms with Gasteiger partial charge in [0.05, 0.1) is 26.2 Å². The Hall–Kier alpha value is -11.0. The number of aliphatic carboxylic acids is 4. The minimum Gasteiger partial charge on any atom is -0.481 e. The normalized spacial score (nSPS) is 14.9. The highest BCUT2D eigenvalue weighted by Gasteiger charge is 2.37. The summed E-state index contributed by atoms with van der Waals surface area (Å²) in [7, 11) is 0. The monoisotopic (exact) mass is 1660 g/mol. The van der Waals surface area contributed by atoms with Gasteiger partial charge in [0.2, 0.25) is 100 Å². The lowest BCUT2D eigenvalue weighted by molar-refractivity contribution is -0.147. The van der Waals surface area contributed by atoms with Crippen LogP contribution in [0.4, 0.5) is 0 Å². The number of primary amides is 2. The van der Waals surface area contributed by atoms with E-state index in [0.717, 1.165) is 27.7 Å². The number of rotatable bonds is 60. The van der Waals surface area contributed by atoms with Crippen LogP contribution in [-0.2, 0) is 101 Å². The van der Waals surface area contributed by atoms with Gasteiger partial charge < -0.3 is 139 Å². The first kappa shape index (κ1) is 104. The summed E-state index contributed by atoms with van der Waals surface area (Å²) in [4.78, 5) is 273. The van der Waals surface area contributed by atoms with Crippen LogP contribution in [0.2, 0.25) is 0 Å². The molecule has 0 spiro atoms. The molecule has 0 aliphatic heterocycles. The number of hydrogen-bond acceptors (Lipinski definition) is 27. The maximum atomic E-state index is 14.0. The molecule has 0 rings (SSSR count). The minimum atomic E-state index is -1.95. The molecule has 0 radical (unpaired) electrons. The number of carboxylic acid groups (broad SMARTS) is 4. The topological polar surface area (TPSA) is 790 Å². The Morgan fingerprint density at radius 2 is 0.635 bits per heavy atom. The molecule has 0 aromatic carbocycles. The maximum Gasteiger partial charge on any atom is 0.326 e. The van der Waals surface area contributed by atoms with Crippen molar-refractivity contribution >= 4 is 136 Å². The molecule has 47 nitrogen and oxygen atoms in total. The van der Waals surface area contributed by atoms with Gasteiger partial charge in [-0.2, -0.15) is 11.8 Å². The molecule has 0 aromatic heterocycles. The first-order valence-electron chi connectivity index (χ1n) is 36.7. The van der Waals surface area contributed by atoms with Gasteiger partial charge in [0.15, 0.2) is 0 Å². The summed E-state index contributed by atoms with van der Waals surface area (Å²) in [6.45, 7) is 5.33. The van der Waals surface area contributed by atoms with Gasteiger partial charge in [-0.15, -0.1) is 0 Å². The zero-order valence-electron chi connectivity index (χ0n) is 65.1. The number of carbonyl (C=O) groups excluding carboxylic acids is 17. The smallest absolute Gasteiger partial charge is 0.326 e. The molecule has 0 unspecified atom stereocenters. The van der Waals surface area contributed by atoms with Crippen LogP contribution in [0, 0.1) is 5.92 Å². The van der Waals surface area contributed by atoms with Crippen molar-refractivity contribution < 1.29 is 131 Å². The molecular weight excluding hydrogens is 1550 g/mol. The first-order chi connectivity index (χ1) is 53.9. The van der Waals surface area contributed by atoms with Crippen LogP contribution in [0.15, 0.2) is 0 Å². The third-order valence-corrected chi connectivity index (χ3v) is 17.4. The largest absolute Gasteiger partial charge is 0.481 e. The van der Waals surface area contributed by atoms with Gasteiger partial charge >= 0.3 is 23.9 Å². The Balaban J connectivity index is 6.47. The van der Waals surface area contributed by atoms with Crippen molar-refractivity contribution in [2.75, 3.05) is 44.9 Å². The number of unbranched alkanes of at least 4 members (excludes halogenated alkanes) is 2. The van der Waals surface area contributed by atoms with E-state index in [2.05, 4.69) is 74.4 Å². The van der Waals surface area contributed by atoms with Crippen molar-refractivity contribution in [3.63, 3.8) is 0 Å². The van der Waals surface area contributed by atoms with E-state index in [1.807, 2.05) is 5.32 Å². The second-order valence-corrected chi connectivity index (χ2v) is 28.1. The van der Waals surface area contributed by atoms with Crippen LogP contribution in [-0.4, -0.2) is 290 Å². The van der Waals surface area contributed by atoms with Gasteiger partial charge in [-0.1, -0.05) is 13.8 Å². The summed E-state index contributed by atoms with van der Waals surface area (Å²) in [6.07, 6.45) is -3.30. The van der Waals surface area contributed by atoms with E-state index < -0.39 is 298 Å². The molecule has 0 heterocycles. The maximum absolute atomic E-state index is 14.0. The number of hydrogen-bond donors (Lipinski definition) is 26. The highest BCUT2D eigenvalue weighted by atomic mass is 32.2. The Labute approximate surface area is 665 Å². The fourth-order valence-electron chi connectivity index (χ4n) is 10.2. The Morgan fingerprint density at radius 1 is 0.330 bits per heavy atom. The number of amides is 17. The Kier molecular flexibility index (Phi) is 50.2. The number of aliphatic hydroxyl groups is 2. The van der Waals surface area contributed by atoms with Crippen molar-refractivity contribution in [3.8, 4) is 0 Å². The van der Waals surface area contributed by atoms with Crippen LogP contribution in [0.1, 0.15) is 151 Å². The van der Waals surface area contributed by atoms with Crippen LogP contribution < -0.4 is 108 Å². The number of nitrogens with one attached hydrogen (secondary N) is 15. The minimum absolute atomic E-state index is 0.0258. The molecule has 0 aromatic rings. The van der Waals surface area contributed by atoms with Crippen molar-refractivity contribution in [1.29, 1.82) is 0 Å². The third kappa shape index (κ3) is 43.2. The van der Waals surface area contributed by atoms with E-state index in [-0.39, 0.29) is 51.6 Å². The van der Waals surface area contributed by atoms with Crippen molar-refractivity contribution in [2.45, 2.75) is 241 Å². The standard InChI is InChI=1S/C67H114N20O27S/c1-31(2)26-44(85-66(112)46(30-89)87-56(102)35(6)77-60(106)39(14-18-47(71)90)83-64(110)43(22-25-115-7)82-57(103)36(70)29-88)65(111)84-42(17-21-51(95)96)62(108)76-34(5)55(101)81-41(16-20-50(93)94)61(107)75-32(3)53(99)79-37(12-8-10-23-68)58(104)73-28-49(92)78-38(13-9-11-24-69)59(105)74-33(4)54(100)80-40(15-19-48(72)91)63(109)86-45(67(113)114)27-52(97)98/h31-46,88-89H,8-30,68-70H2,1-7H3,(H2,71,90)(H2,72,91)(H,73,104)(H,74,105)(H,75,107)(H,76,108)(H,77,106)(H,78,92)(H,79,99)(H,80,100)(H,81,101)(H,82,103)(H,83,110)(H,84,111)(H,85,112)(H,86,109)(H,87,102)(H,93,94)(H,95,96)(H,97,98)(H,113,114)/t32-,33-,34-,35-,36-,37-,38-,39-,40-,41-,42-,43-,44-,45-,46-/m0/s1. The number of thioether (sulfide) groups is 1. The quantitative estimate of drug-likeness (QED) is 0.0251. The van der Waals surface area contributed by atoms with Gasteiger partial charge in [0, 0.05) is 25.7 Å². The van der Waals surface area contributed by atoms with Crippen molar-refractivity contribution in [1.82, 2.24) is 79.8 Å². The molecule has 15 atom stereocenters. The second-order valence-electron chi connectivity index (χ2n) is 27.1. The van der Waals surface area contributed by atoms with E-state index in [9.17, 15) is 126 Å². The fraction of sp³-hybridized carbons (Fsp3) is 0.687. The first-order valence-corrected chi connectivity index (χ1v) is 38.1. The molecule has 0 aliphatic carbocycles. The van der Waals surface area contributed by atoms with Gasteiger partial charge in [0.1, 0.15) is 90.6 Å². The predicted molar refractivity (Wildman–Crippen MR) is 404 cm³/mol. The van der Waals surface area contributed by atoms with Gasteiger partial charge in [0.25, 0.3) is 0 Å². The average Bonchev–Trinajstić information content (AvgIpc) is 0.870. The Bertz CT molecular complexity index is 3370. The lowest BCUT2D eigenvalue weighted by Gasteiger charge is -2.27. The molecule has 0 saturated carbocycles. The highest BCUT2D eigenvalue weighted by molar-refractivity contribution is 7.98. The molecule has 0 bridgehead atoms. The molecule has 0 aliphatic rings. The lowest BCUT2D eigenvalue weighted by Crippen LogP contribution is -2.60. The summed E-state index contributed by atoms with van der Waals surface area (Å²) < 4.78 is 0. The fourth-order valence-corrected chi connectivity index (χ4v) is 10.6. The van der Waals surface area contributed by atoms with E-state index in [1.54, 1.807) is 20.1 Å². The number of carboxylic acids is 4. The van der Waals surface area contributed by atoms with Crippen LogP contribution in [0.25, 0.3) is 0 Å².